The first kappa shape index (κ1) is 28.0. The highest BCUT2D eigenvalue weighted by atomic mass is 79.9. The molecule has 3 aromatic rings. The fourth-order valence-corrected chi connectivity index (χ4v) is 4.72. The van der Waals surface area contributed by atoms with E-state index < -0.39 is 5.97 Å². The normalized spacial score (nSPS) is 10.9. The van der Waals surface area contributed by atoms with Crippen molar-refractivity contribution >= 4 is 22.2 Å². The van der Waals surface area contributed by atoms with Gasteiger partial charge in [-0.15, -0.1) is 0 Å². The zero-order valence-corrected chi connectivity index (χ0v) is 23.3. The van der Waals surface area contributed by atoms with Gasteiger partial charge < -0.3 is 8.57 Å². The molecule has 0 aliphatic heterocycles. The van der Waals surface area contributed by atoms with Crippen LogP contribution in [0.1, 0.15) is 87.6 Å². The summed E-state index contributed by atoms with van der Waals surface area (Å²) in [5.74, 6) is 0.381. The summed E-state index contributed by atoms with van der Waals surface area (Å²) in [4.78, 5) is 12.7. The first-order valence-corrected chi connectivity index (χ1v) is 14.1. The summed E-state index contributed by atoms with van der Waals surface area (Å²) in [6.07, 6.45) is 11.8. The van der Waals surface area contributed by atoms with Crippen molar-refractivity contribution in [3.05, 3.63) is 77.9 Å². The lowest BCUT2D eigenvalue weighted by Gasteiger charge is -2.17. The van der Waals surface area contributed by atoms with Crippen LogP contribution in [0.5, 0.6) is 5.75 Å². The minimum absolute atomic E-state index is 0.405. The monoisotopic (exact) mass is 550 g/mol. The number of unbranched alkanes of at least 4 members (excludes halogenated alkanes) is 7. The molecule has 0 aliphatic carbocycles. The summed E-state index contributed by atoms with van der Waals surface area (Å²) < 4.78 is 11.1. The summed E-state index contributed by atoms with van der Waals surface area (Å²) >= 11 is 2.89. The van der Waals surface area contributed by atoms with E-state index in [0.29, 0.717) is 12.2 Å². The number of hydrogen-bond acceptors (Lipinski definition) is 3. The van der Waals surface area contributed by atoms with Crippen LogP contribution in [0.3, 0.4) is 0 Å². The average Bonchev–Trinajstić information content (AvgIpc) is 2.93. The van der Waals surface area contributed by atoms with Gasteiger partial charge in [-0.25, -0.2) is 4.79 Å². The number of halogens is 1. The Morgan fingerprint density at radius 3 is 2.19 bits per heavy atom. The van der Waals surface area contributed by atoms with Crippen molar-refractivity contribution in [1.82, 2.24) is 0 Å². The molecule has 0 bridgehead atoms. The fraction of sp³-hybridized carbons (Fsp3) is 0.406. The predicted molar refractivity (Wildman–Crippen MR) is 154 cm³/mol. The van der Waals surface area contributed by atoms with Crippen LogP contribution in [-0.4, -0.2) is 12.6 Å². The molecular formula is C32H39BrO3. The molecule has 0 atom stereocenters. The van der Waals surface area contributed by atoms with Gasteiger partial charge in [0.25, 0.3) is 0 Å². The Bertz CT molecular complexity index is 1080. The summed E-state index contributed by atoms with van der Waals surface area (Å²) in [5.41, 5.74) is 5.95. The smallest absolute Gasteiger partial charge is 0.350 e. The standard InChI is InChI=1S/C32H39BrO3/c1-3-5-7-8-9-14-22-35-28-20-21-29(32(34)36-33)31(24-28)30-23-27(25-15-12-10-13-16-25)19-18-26(30)17-11-6-4-2/h10,12-13,15-16,18-21,23-24H,3-9,11,14,17,22H2,1-2H3. The molecular weight excluding hydrogens is 512 g/mol. The lowest BCUT2D eigenvalue weighted by atomic mass is 9.89. The van der Waals surface area contributed by atoms with Crippen LogP contribution in [0.2, 0.25) is 0 Å². The van der Waals surface area contributed by atoms with Gasteiger partial charge in [-0.1, -0.05) is 101 Å². The van der Waals surface area contributed by atoms with Crippen molar-refractivity contribution in [2.75, 3.05) is 6.61 Å². The lowest BCUT2D eigenvalue weighted by molar-refractivity contribution is 0.0782. The van der Waals surface area contributed by atoms with Gasteiger partial charge in [0.2, 0.25) is 0 Å². The van der Waals surface area contributed by atoms with Gasteiger partial charge in [-0.3, -0.25) is 0 Å². The third-order valence-corrected chi connectivity index (χ3v) is 6.90. The number of hydrogen-bond donors (Lipinski definition) is 0. The van der Waals surface area contributed by atoms with E-state index in [-0.39, 0.29) is 0 Å². The molecule has 0 N–H and O–H groups in total. The summed E-state index contributed by atoms with van der Waals surface area (Å²) in [6, 6.07) is 22.6. The third-order valence-electron chi connectivity index (χ3n) is 6.60. The summed E-state index contributed by atoms with van der Waals surface area (Å²) in [6.45, 7) is 5.13. The minimum Gasteiger partial charge on any atom is -0.494 e. The van der Waals surface area contributed by atoms with Crippen molar-refractivity contribution in [1.29, 1.82) is 0 Å². The third kappa shape index (κ3) is 8.23. The van der Waals surface area contributed by atoms with Crippen molar-refractivity contribution in [2.45, 2.75) is 78.1 Å². The Hall–Kier alpha value is -2.59. The Morgan fingerprint density at radius 1 is 0.722 bits per heavy atom. The SMILES string of the molecule is CCCCCCCCOc1ccc(C(=O)OBr)c(-c2cc(-c3ccccc3)ccc2CCCCC)c1. The molecule has 0 saturated heterocycles. The van der Waals surface area contributed by atoms with E-state index in [1.165, 1.54) is 50.5 Å². The molecule has 0 spiro atoms. The van der Waals surface area contributed by atoms with Crippen molar-refractivity contribution < 1.29 is 13.4 Å². The highest BCUT2D eigenvalue weighted by Gasteiger charge is 2.18. The Kier molecular flexibility index (Phi) is 12.1. The second-order valence-electron chi connectivity index (χ2n) is 9.38. The zero-order chi connectivity index (χ0) is 25.6. The molecule has 0 aliphatic rings. The fourth-order valence-electron chi connectivity index (χ4n) is 4.55. The highest BCUT2D eigenvalue weighted by molar-refractivity contribution is 9.06. The predicted octanol–water partition coefficient (Wildman–Crippen LogP) is 9.96. The highest BCUT2D eigenvalue weighted by Crippen LogP contribution is 2.35. The molecule has 3 nitrogen and oxygen atoms in total. The molecule has 0 heterocycles. The first-order chi connectivity index (χ1) is 17.7. The molecule has 0 radical (unpaired) electrons. The van der Waals surface area contributed by atoms with Crippen molar-refractivity contribution in [2.24, 2.45) is 0 Å². The second kappa shape index (κ2) is 15.5. The molecule has 0 fully saturated rings. The molecule has 3 aromatic carbocycles. The lowest BCUT2D eigenvalue weighted by Crippen LogP contribution is -2.04. The molecule has 3 rings (SSSR count). The molecule has 36 heavy (non-hydrogen) atoms. The van der Waals surface area contributed by atoms with Crippen LogP contribution >= 0.6 is 16.3 Å². The van der Waals surface area contributed by atoms with E-state index in [1.807, 2.05) is 24.3 Å². The number of carbonyl (C=O) groups is 1. The summed E-state index contributed by atoms with van der Waals surface area (Å²) in [5, 5.41) is 0. The van der Waals surface area contributed by atoms with Gasteiger partial charge in [-0.2, -0.15) is 0 Å². The van der Waals surface area contributed by atoms with E-state index >= 15 is 0 Å². The quantitative estimate of drug-likeness (QED) is 0.176. The van der Waals surface area contributed by atoms with Crippen LogP contribution in [0.15, 0.2) is 66.7 Å². The molecule has 0 unspecified atom stereocenters. The number of ether oxygens (including phenoxy) is 1. The first-order valence-electron chi connectivity index (χ1n) is 13.5. The molecule has 0 amide bonds. The van der Waals surface area contributed by atoms with Crippen LogP contribution < -0.4 is 4.74 Å². The van der Waals surface area contributed by atoms with Gasteiger partial charge in [0.1, 0.15) is 5.75 Å². The maximum absolute atomic E-state index is 12.7. The Morgan fingerprint density at radius 2 is 1.44 bits per heavy atom. The number of rotatable bonds is 15. The van der Waals surface area contributed by atoms with Crippen LogP contribution in [0.4, 0.5) is 0 Å². The minimum atomic E-state index is -0.405. The topological polar surface area (TPSA) is 35.5 Å². The van der Waals surface area contributed by atoms with Gasteiger partial charge in [0.15, 0.2) is 16.3 Å². The number of benzene rings is 3. The molecule has 4 heteroatoms. The van der Waals surface area contributed by atoms with E-state index in [0.717, 1.165) is 47.3 Å². The summed E-state index contributed by atoms with van der Waals surface area (Å²) in [7, 11) is 0. The van der Waals surface area contributed by atoms with Gasteiger partial charge in [0.05, 0.1) is 12.2 Å². The molecule has 0 aromatic heterocycles. The average molecular weight is 552 g/mol. The van der Waals surface area contributed by atoms with Crippen LogP contribution in [0, 0.1) is 0 Å². The van der Waals surface area contributed by atoms with Crippen molar-refractivity contribution in [3.63, 3.8) is 0 Å². The van der Waals surface area contributed by atoms with E-state index in [4.69, 9.17) is 8.57 Å². The Labute approximate surface area is 225 Å². The van der Waals surface area contributed by atoms with Gasteiger partial charge in [-0.05, 0) is 65.8 Å². The molecule has 192 valence electrons. The largest absolute Gasteiger partial charge is 0.494 e. The van der Waals surface area contributed by atoms with Crippen LogP contribution in [-0.2, 0) is 10.2 Å². The maximum atomic E-state index is 12.7. The van der Waals surface area contributed by atoms with Gasteiger partial charge >= 0.3 is 5.97 Å². The number of aryl methyl sites for hydroxylation is 1. The van der Waals surface area contributed by atoms with Gasteiger partial charge in [0, 0.05) is 5.56 Å². The van der Waals surface area contributed by atoms with E-state index in [1.54, 1.807) is 0 Å². The van der Waals surface area contributed by atoms with E-state index in [9.17, 15) is 4.79 Å². The zero-order valence-electron chi connectivity index (χ0n) is 21.7. The molecule has 0 saturated carbocycles. The second-order valence-corrected chi connectivity index (χ2v) is 9.71. The van der Waals surface area contributed by atoms with E-state index in [2.05, 4.69) is 72.6 Å². The Balaban J connectivity index is 1.93. The van der Waals surface area contributed by atoms with Crippen molar-refractivity contribution in [3.8, 4) is 28.0 Å². The maximum Gasteiger partial charge on any atom is 0.350 e. The number of carbonyl (C=O) groups excluding carboxylic acids is 1. The van der Waals surface area contributed by atoms with Crippen LogP contribution in [0.25, 0.3) is 22.3 Å².